The lowest BCUT2D eigenvalue weighted by molar-refractivity contribution is -0.138. The van der Waals surface area contributed by atoms with E-state index in [-0.39, 0.29) is 34.1 Å². The maximum absolute atomic E-state index is 12.9. The van der Waals surface area contributed by atoms with Gasteiger partial charge in [0.25, 0.3) is 17.7 Å². The third-order valence-electron chi connectivity index (χ3n) is 6.38. The molecule has 1 aliphatic rings. The maximum atomic E-state index is 12.9. The van der Waals surface area contributed by atoms with Crippen LogP contribution in [0.5, 0.6) is 0 Å². The maximum Gasteiger partial charge on any atom is 0.278 e. The number of fused-ring (bicyclic) bond motifs is 1. The number of nitrogens with zero attached hydrogens (tertiary/aromatic N) is 1. The first-order chi connectivity index (χ1) is 19.1. The van der Waals surface area contributed by atoms with Gasteiger partial charge in [0.15, 0.2) is 0 Å². The van der Waals surface area contributed by atoms with E-state index in [4.69, 9.17) is 11.6 Å². The normalized spacial score (nSPS) is 13.7. The summed E-state index contributed by atoms with van der Waals surface area (Å²) in [6.45, 7) is 0.288. The van der Waals surface area contributed by atoms with Crippen molar-refractivity contribution >= 4 is 55.9 Å². The van der Waals surface area contributed by atoms with Crippen LogP contribution in [0.25, 0.3) is 10.8 Å². The zero-order chi connectivity index (χ0) is 28.4. The highest BCUT2D eigenvalue weighted by Gasteiger charge is 2.37. The number of benzene rings is 4. The van der Waals surface area contributed by atoms with E-state index in [1.54, 1.807) is 42.5 Å². The lowest BCUT2D eigenvalue weighted by atomic mass is 10.1. The molecule has 0 fully saturated rings. The van der Waals surface area contributed by atoms with Crippen molar-refractivity contribution in [1.29, 1.82) is 0 Å². The number of carbonyl (C=O) groups is 3. The molecule has 202 valence electrons. The van der Waals surface area contributed by atoms with Crippen molar-refractivity contribution in [3.8, 4) is 0 Å². The molecule has 0 spiro atoms. The van der Waals surface area contributed by atoms with Crippen molar-refractivity contribution in [1.82, 2.24) is 10.2 Å². The third-order valence-corrected chi connectivity index (χ3v) is 7.63. The van der Waals surface area contributed by atoms with E-state index in [2.05, 4.69) is 10.6 Å². The molecule has 0 atom stereocenters. The zero-order valence-electron chi connectivity index (χ0n) is 20.8. The molecule has 1 aliphatic heterocycles. The molecule has 0 saturated heterocycles. The number of imide groups is 1. The third kappa shape index (κ3) is 5.46. The fourth-order valence-electron chi connectivity index (χ4n) is 4.38. The van der Waals surface area contributed by atoms with E-state index in [0.29, 0.717) is 16.6 Å². The SMILES string of the molecule is O=C(Nc1cccc2c(S(=O)(=O)[O-])cccc12)c1ccc(CNC2=C(Cl)C(=O)N(Cc3ccccc3)C2=O)cc1. The largest absolute Gasteiger partial charge is 0.744 e. The average Bonchev–Trinajstić information content (AvgIpc) is 3.14. The second-order valence-electron chi connectivity index (χ2n) is 8.99. The molecule has 40 heavy (non-hydrogen) atoms. The number of anilines is 1. The Kier molecular flexibility index (Phi) is 7.40. The molecule has 0 aliphatic carbocycles. The standard InChI is InChI=1S/C29H22ClN3O6S/c30-25-26(29(36)33(28(25)35)17-19-6-2-1-3-7-19)31-16-18-12-14-20(15-13-18)27(34)32-23-10-4-9-22-21(23)8-5-11-24(22)40(37,38)39/h1-15,31H,16-17H2,(H,32,34)(H,37,38,39)/p-1. The zero-order valence-corrected chi connectivity index (χ0v) is 22.3. The van der Waals surface area contributed by atoms with Crippen LogP contribution in [0.15, 0.2) is 107 Å². The molecule has 4 aromatic rings. The summed E-state index contributed by atoms with van der Waals surface area (Å²) in [5, 5.41) is 6.13. The molecule has 3 amide bonds. The van der Waals surface area contributed by atoms with Gasteiger partial charge in [-0.3, -0.25) is 19.3 Å². The van der Waals surface area contributed by atoms with Crippen LogP contribution in [-0.4, -0.2) is 35.6 Å². The van der Waals surface area contributed by atoms with E-state index in [1.165, 1.54) is 18.2 Å². The van der Waals surface area contributed by atoms with Gasteiger partial charge in [-0.1, -0.05) is 78.3 Å². The Hall–Kier alpha value is -4.51. The smallest absolute Gasteiger partial charge is 0.278 e. The van der Waals surface area contributed by atoms with Crippen molar-refractivity contribution in [2.45, 2.75) is 18.0 Å². The molecule has 11 heteroatoms. The van der Waals surface area contributed by atoms with Gasteiger partial charge < -0.3 is 15.2 Å². The summed E-state index contributed by atoms with van der Waals surface area (Å²) in [6.07, 6.45) is 0. The van der Waals surface area contributed by atoms with Gasteiger partial charge in [-0.2, -0.15) is 0 Å². The predicted octanol–water partition coefficient (Wildman–Crippen LogP) is 4.11. The first kappa shape index (κ1) is 27.1. The van der Waals surface area contributed by atoms with Gasteiger partial charge in [0.2, 0.25) is 0 Å². The van der Waals surface area contributed by atoms with E-state index >= 15 is 0 Å². The molecule has 5 rings (SSSR count). The molecule has 0 bridgehead atoms. The Bertz CT molecular complexity index is 1790. The Morgan fingerprint density at radius 1 is 0.800 bits per heavy atom. The highest BCUT2D eigenvalue weighted by Crippen LogP contribution is 2.29. The lowest BCUT2D eigenvalue weighted by Gasteiger charge is -2.15. The Labute approximate surface area is 234 Å². The van der Waals surface area contributed by atoms with Crippen LogP contribution in [0, 0.1) is 0 Å². The Morgan fingerprint density at radius 3 is 2.17 bits per heavy atom. The van der Waals surface area contributed by atoms with Crippen molar-refractivity contribution in [3.05, 3.63) is 118 Å². The van der Waals surface area contributed by atoms with Crippen molar-refractivity contribution in [2.24, 2.45) is 0 Å². The summed E-state index contributed by atoms with van der Waals surface area (Å²) in [5.41, 5.74) is 2.21. The molecule has 9 nitrogen and oxygen atoms in total. The van der Waals surface area contributed by atoms with Crippen LogP contribution in [0.2, 0.25) is 0 Å². The van der Waals surface area contributed by atoms with Gasteiger partial charge >= 0.3 is 0 Å². The molecule has 1 heterocycles. The number of halogens is 1. The van der Waals surface area contributed by atoms with Gasteiger partial charge in [-0.15, -0.1) is 0 Å². The number of amides is 3. The summed E-state index contributed by atoms with van der Waals surface area (Å²) in [7, 11) is -4.69. The Balaban J connectivity index is 1.25. The van der Waals surface area contributed by atoms with E-state index < -0.39 is 27.8 Å². The van der Waals surface area contributed by atoms with Crippen LogP contribution in [0.1, 0.15) is 21.5 Å². The number of hydrogen-bond acceptors (Lipinski definition) is 7. The van der Waals surface area contributed by atoms with Crippen LogP contribution in [0.4, 0.5) is 5.69 Å². The molecule has 0 unspecified atom stereocenters. The van der Waals surface area contributed by atoms with Crippen LogP contribution >= 0.6 is 11.6 Å². The average molecular weight is 575 g/mol. The van der Waals surface area contributed by atoms with E-state index in [1.807, 2.05) is 30.3 Å². The minimum absolute atomic E-state index is 0.0137. The number of hydrogen-bond donors (Lipinski definition) is 2. The molecular formula is C29H21ClN3O6S-. The van der Waals surface area contributed by atoms with Gasteiger partial charge in [0.1, 0.15) is 20.8 Å². The van der Waals surface area contributed by atoms with E-state index in [9.17, 15) is 27.4 Å². The first-order valence-corrected chi connectivity index (χ1v) is 13.8. The fourth-order valence-corrected chi connectivity index (χ4v) is 5.32. The fraction of sp³-hybridized carbons (Fsp3) is 0.0690. The second-order valence-corrected chi connectivity index (χ2v) is 10.7. The van der Waals surface area contributed by atoms with Gasteiger partial charge in [-0.25, -0.2) is 8.42 Å². The minimum Gasteiger partial charge on any atom is -0.744 e. The highest BCUT2D eigenvalue weighted by molar-refractivity contribution is 7.86. The molecule has 4 aromatic carbocycles. The van der Waals surface area contributed by atoms with Crippen molar-refractivity contribution < 1.29 is 27.4 Å². The quantitative estimate of drug-likeness (QED) is 0.239. The number of rotatable bonds is 8. The first-order valence-electron chi connectivity index (χ1n) is 12.0. The summed E-state index contributed by atoms with van der Waals surface area (Å²) in [4.78, 5) is 39.0. The molecule has 0 aromatic heterocycles. The van der Waals surface area contributed by atoms with Crippen LogP contribution in [0.3, 0.4) is 0 Å². The summed E-state index contributed by atoms with van der Waals surface area (Å²) in [5.74, 6) is -1.53. The van der Waals surface area contributed by atoms with Crippen molar-refractivity contribution in [3.63, 3.8) is 0 Å². The molecular weight excluding hydrogens is 554 g/mol. The van der Waals surface area contributed by atoms with Crippen LogP contribution in [-0.2, 0) is 32.8 Å². The minimum atomic E-state index is -4.69. The second kappa shape index (κ2) is 10.9. The van der Waals surface area contributed by atoms with Gasteiger partial charge in [-0.05, 0) is 35.4 Å². The monoisotopic (exact) mass is 574 g/mol. The van der Waals surface area contributed by atoms with Crippen molar-refractivity contribution in [2.75, 3.05) is 5.32 Å². The van der Waals surface area contributed by atoms with Gasteiger partial charge in [0, 0.05) is 28.6 Å². The number of carbonyl (C=O) groups excluding carboxylic acids is 3. The predicted molar refractivity (Wildman–Crippen MR) is 148 cm³/mol. The molecule has 2 N–H and O–H groups in total. The van der Waals surface area contributed by atoms with Crippen LogP contribution < -0.4 is 10.6 Å². The molecule has 0 radical (unpaired) electrons. The number of nitrogens with one attached hydrogen (secondary N) is 2. The van der Waals surface area contributed by atoms with Gasteiger partial charge in [0.05, 0.1) is 11.4 Å². The lowest BCUT2D eigenvalue weighted by Crippen LogP contribution is -2.33. The Morgan fingerprint density at radius 2 is 1.48 bits per heavy atom. The topological polar surface area (TPSA) is 136 Å². The van der Waals surface area contributed by atoms with E-state index in [0.717, 1.165) is 16.0 Å². The molecule has 0 saturated carbocycles. The highest BCUT2D eigenvalue weighted by atomic mass is 35.5. The summed E-state index contributed by atoms with van der Waals surface area (Å²) < 4.78 is 34.9. The summed E-state index contributed by atoms with van der Waals surface area (Å²) >= 11 is 6.17. The summed E-state index contributed by atoms with van der Waals surface area (Å²) in [6, 6.07) is 24.6.